The molecule has 2 aliphatic rings. The molecule has 1 aliphatic heterocycles. The Bertz CT molecular complexity index is 535. The zero-order chi connectivity index (χ0) is 13.5. The maximum absolute atomic E-state index is 11.9. The fourth-order valence-corrected chi connectivity index (χ4v) is 3.92. The van der Waals surface area contributed by atoms with E-state index in [1.165, 1.54) is 11.3 Å². The van der Waals surface area contributed by atoms with Crippen LogP contribution < -0.4 is 0 Å². The molecule has 0 spiro atoms. The fourth-order valence-electron chi connectivity index (χ4n) is 3.92. The first-order chi connectivity index (χ1) is 9.16. The molecule has 1 N–H and O–H groups in total. The van der Waals surface area contributed by atoms with Crippen LogP contribution in [0.5, 0.6) is 0 Å². The molecule has 1 aromatic rings. The molecule has 19 heavy (non-hydrogen) atoms. The number of nitrogens with zero attached hydrogens (tertiary/aromatic N) is 1. The van der Waals surface area contributed by atoms with Crippen molar-refractivity contribution in [1.29, 1.82) is 0 Å². The predicted octanol–water partition coefficient (Wildman–Crippen LogP) is 2.54. The third kappa shape index (κ3) is 1.71. The minimum atomic E-state index is -0.663. The largest absolute Gasteiger partial charge is 0.476 e. The third-order valence-corrected chi connectivity index (χ3v) is 4.96. The van der Waals surface area contributed by atoms with E-state index in [1.54, 1.807) is 0 Å². The van der Waals surface area contributed by atoms with Gasteiger partial charge in [-0.05, 0) is 25.0 Å². The molecular formula is C16H20NO2+. The van der Waals surface area contributed by atoms with Gasteiger partial charge in [0.1, 0.15) is 7.05 Å². The van der Waals surface area contributed by atoms with Crippen molar-refractivity contribution in [3.8, 4) is 0 Å². The van der Waals surface area contributed by atoms with Gasteiger partial charge in [0.15, 0.2) is 5.71 Å². The lowest BCUT2D eigenvalue weighted by Crippen LogP contribution is -2.52. The van der Waals surface area contributed by atoms with Gasteiger partial charge >= 0.3 is 5.97 Å². The molecule has 3 heteroatoms. The van der Waals surface area contributed by atoms with Crippen LogP contribution in [0.4, 0.5) is 0 Å². The highest BCUT2D eigenvalue weighted by atomic mass is 16.4. The summed E-state index contributed by atoms with van der Waals surface area (Å²) < 4.78 is 2.05. The van der Waals surface area contributed by atoms with Gasteiger partial charge in [0.05, 0.1) is 0 Å². The molecule has 3 rings (SSSR count). The molecule has 3 nitrogen and oxygen atoms in total. The van der Waals surface area contributed by atoms with Crippen molar-refractivity contribution in [2.24, 2.45) is 5.92 Å². The summed E-state index contributed by atoms with van der Waals surface area (Å²) in [4.78, 5) is 11.9. The van der Waals surface area contributed by atoms with E-state index in [0.29, 0.717) is 0 Å². The number of carboxylic acids is 1. The first-order valence-corrected chi connectivity index (χ1v) is 7.05. The first kappa shape index (κ1) is 12.4. The van der Waals surface area contributed by atoms with Crippen LogP contribution in [0, 0.1) is 5.92 Å². The molecule has 1 heterocycles. The molecule has 0 unspecified atom stereocenters. The predicted molar refractivity (Wildman–Crippen MR) is 73.7 cm³/mol. The monoisotopic (exact) mass is 258 g/mol. The van der Waals surface area contributed by atoms with Crippen LogP contribution in [0.2, 0.25) is 0 Å². The van der Waals surface area contributed by atoms with Crippen LogP contribution in [-0.4, -0.2) is 33.9 Å². The second kappa shape index (κ2) is 4.48. The van der Waals surface area contributed by atoms with E-state index in [4.69, 9.17) is 0 Å². The molecule has 1 aliphatic carbocycles. The van der Waals surface area contributed by atoms with Crippen LogP contribution in [0.25, 0.3) is 0 Å². The van der Waals surface area contributed by atoms with Crippen molar-refractivity contribution in [3.63, 3.8) is 0 Å². The van der Waals surface area contributed by atoms with Gasteiger partial charge in [0.2, 0.25) is 0 Å². The molecule has 1 aromatic carbocycles. The Hall–Kier alpha value is -1.64. The topological polar surface area (TPSA) is 40.3 Å². The summed E-state index contributed by atoms with van der Waals surface area (Å²) in [5.74, 6) is -0.385. The molecule has 0 amide bonds. The smallest absolute Gasteiger partial charge is 0.376 e. The van der Waals surface area contributed by atoms with Crippen molar-refractivity contribution in [2.45, 2.75) is 37.6 Å². The highest BCUT2D eigenvalue weighted by Gasteiger charge is 2.60. The van der Waals surface area contributed by atoms with Crippen LogP contribution in [-0.2, 0) is 4.79 Å². The zero-order valence-electron chi connectivity index (χ0n) is 11.3. The summed E-state index contributed by atoms with van der Waals surface area (Å²) in [6.07, 6.45) is 4.89. The quantitative estimate of drug-likeness (QED) is 0.828. The van der Waals surface area contributed by atoms with E-state index >= 15 is 0 Å². The van der Waals surface area contributed by atoms with E-state index in [0.717, 1.165) is 32.1 Å². The minimum Gasteiger partial charge on any atom is -0.476 e. The van der Waals surface area contributed by atoms with E-state index in [1.807, 2.05) is 25.2 Å². The summed E-state index contributed by atoms with van der Waals surface area (Å²) in [6, 6.07) is 10.2. The van der Waals surface area contributed by atoms with Gasteiger partial charge in [-0.1, -0.05) is 24.6 Å². The Morgan fingerprint density at radius 2 is 2.05 bits per heavy atom. The SMILES string of the molecule is C[N+]1=C(c2ccccc2)C[C@H]2CCCC[C@]21C(=O)O. The maximum Gasteiger partial charge on any atom is 0.376 e. The number of likely N-dealkylation sites (N-methyl/N-ethyl adjacent to an activating group) is 1. The molecule has 0 radical (unpaired) electrons. The van der Waals surface area contributed by atoms with Crippen molar-refractivity contribution in [2.75, 3.05) is 7.05 Å². The first-order valence-electron chi connectivity index (χ1n) is 7.05. The Morgan fingerprint density at radius 3 is 2.68 bits per heavy atom. The zero-order valence-corrected chi connectivity index (χ0v) is 11.3. The summed E-state index contributed by atoms with van der Waals surface area (Å²) in [7, 11) is 1.96. The van der Waals surface area contributed by atoms with E-state index < -0.39 is 11.5 Å². The average Bonchev–Trinajstić information content (AvgIpc) is 2.75. The van der Waals surface area contributed by atoms with Gasteiger partial charge in [-0.25, -0.2) is 9.37 Å². The van der Waals surface area contributed by atoms with Crippen molar-refractivity contribution in [1.82, 2.24) is 0 Å². The number of carboxylic acid groups (broad SMARTS) is 1. The number of hydrogen-bond acceptors (Lipinski definition) is 1. The lowest BCUT2D eigenvalue weighted by atomic mass is 9.72. The lowest BCUT2D eigenvalue weighted by Gasteiger charge is -2.31. The molecule has 0 aromatic heterocycles. The lowest BCUT2D eigenvalue weighted by molar-refractivity contribution is -0.571. The third-order valence-electron chi connectivity index (χ3n) is 4.96. The molecule has 1 fully saturated rings. The Kier molecular flexibility index (Phi) is 2.92. The summed E-state index contributed by atoms with van der Waals surface area (Å²) in [5.41, 5.74) is 1.69. The van der Waals surface area contributed by atoms with Crippen LogP contribution in [0.15, 0.2) is 30.3 Å². The second-order valence-electron chi connectivity index (χ2n) is 5.75. The van der Waals surface area contributed by atoms with Crippen molar-refractivity contribution >= 4 is 11.7 Å². The number of rotatable bonds is 2. The van der Waals surface area contributed by atoms with Crippen LogP contribution in [0.3, 0.4) is 0 Å². The molecule has 0 bridgehead atoms. The molecule has 1 saturated carbocycles. The molecule has 100 valence electrons. The number of benzene rings is 1. The van der Waals surface area contributed by atoms with Crippen LogP contribution >= 0.6 is 0 Å². The number of hydrogen-bond donors (Lipinski definition) is 1. The van der Waals surface area contributed by atoms with E-state index in [9.17, 15) is 9.90 Å². The number of fused-ring (bicyclic) bond motifs is 1. The van der Waals surface area contributed by atoms with Crippen molar-refractivity contribution < 1.29 is 14.5 Å². The Labute approximate surface area is 113 Å². The van der Waals surface area contributed by atoms with Gasteiger partial charge < -0.3 is 5.11 Å². The highest BCUT2D eigenvalue weighted by Crippen LogP contribution is 2.43. The van der Waals surface area contributed by atoms with Gasteiger partial charge in [0, 0.05) is 24.3 Å². The molecular weight excluding hydrogens is 238 g/mol. The number of aliphatic carboxylic acids is 1. The Morgan fingerprint density at radius 1 is 1.32 bits per heavy atom. The normalized spacial score (nSPS) is 30.3. The van der Waals surface area contributed by atoms with E-state index in [-0.39, 0.29) is 5.92 Å². The van der Waals surface area contributed by atoms with Crippen molar-refractivity contribution in [3.05, 3.63) is 35.9 Å². The minimum absolute atomic E-state index is 0.263. The Balaban J connectivity index is 2.09. The average molecular weight is 258 g/mol. The summed E-state index contributed by atoms with van der Waals surface area (Å²) >= 11 is 0. The molecule has 0 saturated heterocycles. The standard InChI is InChI=1S/C16H19NO2/c1-17-14(12-7-3-2-4-8-12)11-13-9-5-6-10-16(13,17)15(18)19/h2-4,7-8,13H,5-6,9-11H2,1H3/p+1/t13-,16-/m1/s1. The van der Waals surface area contributed by atoms with Gasteiger partial charge in [-0.2, -0.15) is 0 Å². The summed E-state index contributed by atoms with van der Waals surface area (Å²) in [5, 5.41) is 9.78. The van der Waals surface area contributed by atoms with Gasteiger partial charge in [0.25, 0.3) is 5.54 Å². The van der Waals surface area contributed by atoms with E-state index in [2.05, 4.69) is 16.7 Å². The number of carbonyl (C=O) groups is 1. The molecule has 2 atom stereocenters. The van der Waals surface area contributed by atoms with Gasteiger partial charge in [-0.3, -0.25) is 0 Å². The fraction of sp³-hybridized carbons (Fsp3) is 0.500. The van der Waals surface area contributed by atoms with Crippen LogP contribution in [0.1, 0.15) is 37.7 Å². The van der Waals surface area contributed by atoms with Gasteiger partial charge in [-0.15, -0.1) is 0 Å². The second-order valence-corrected chi connectivity index (χ2v) is 5.75. The highest BCUT2D eigenvalue weighted by molar-refractivity contribution is 6.00. The summed E-state index contributed by atoms with van der Waals surface area (Å²) in [6.45, 7) is 0. The maximum atomic E-state index is 11.9.